The minimum Gasteiger partial charge on any atom is -0.550 e. The van der Waals surface area contributed by atoms with Crippen molar-refractivity contribution in [1.29, 1.82) is 0 Å². The van der Waals surface area contributed by atoms with Crippen molar-refractivity contribution in [2.24, 2.45) is 16.7 Å². The first-order valence-electron chi connectivity index (χ1n) is 9.09. The molecule has 1 saturated carbocycles. The minimum atomic E-state index is -1.09. The molecule has 0 saturated heterocycles. The van der Waals surface area contributed by atoms with E-state index >= 15 is 0 Å². The quantitative estimate of drug-likeness (QED) is 0.877. The summed E-state index contributed by atoms with van der Waals surface area (Å²) in [4.78, 5) is 24.4. The average Bonchev–Trinajstić information content (AvgIpc) is 2.88. The molecule has 2 atom stereocenters. The van der Waals surface area contributed by atoms with Crippen LogP contribution in [0.25, 0.3) is 0 Å². The Bertz CT molecular complexity index is 829. The molecule has 1 aliphatic rings. The molecule has 3 rings (SSSR count). The molecule has 1 aliphatic carbocycles. The van der Waals surface area contributed by atoms with Gasteiger partial charge in [-0.05, 0) is 54.7 Å². The summed E-state index contributed by atoms with van der Waals surface area (Å²) in [5.41, 5.74) is -1.05. The lowest BCUT2D eigenvalue weighted by Gasteiger charge is -2.41. The first kappa shape index (κ1) is 19.0. The number of para-hydroxylation sites is 1. The van der Waals surface area contributed by atoms with E-state index in [1.807, 2.05) is 44.2 Å². The molecule has 27 heavy (non-hydrogen) atoms. The molecule has 5 heteroatoms. The third-order valence-corrected chi connectivity index (χ3v) is 6.09. The highest BCUT2D eigenvalue weighted by atomic mass is 16.5. The first-order valence-corrected chi connectivity index (χ1v) is 9.09. The summed E-state index contributed by atoms with van der Waals surface area (Å²) in [6.07, 6.45) is 0.961. The largest absolute Gasteiger partial charge is 0.550 e. The van der Waals surface area contributed by atoms with E-state index in [-0.39, 0.29) is 11.8 Å². The molecular weight excluding hydrogens is 342 g/mol. The van der Waals surface area contributed by atoms with Crippen molar-refractivity contribution in [2.45, 2.75) is 33.6 Å². The van der Waals surface area contributed by atoms with Crippen molar-refractivity contribution in [3.63, 3.8) is 0 Å². The van der Waals surface area contributed by atoms with Crippen LogP contribution >= 0.6 is 0 Å². The minimum absolute atomic E-state index is 0.165. The number of carbonyl (C=O) groups excluding carboxylic acids is 2. The Labute approximate surface area is 159 Å². The molecule has 142 valence electrons. The fraction of sp³-hybridized carbons (Fsp3) is 0.364. The second-order valence-corrected chi connectivity index (χ2v) is 7.86. The van der Waals surface area contributed by atoms with Gasteiger partial charge in [-0.25, -0.2) is 0 Å². The van der Waals surface area contributed by atoms with Crippen molar-refractivity contribution >= 4 is 17.6 Å². The maximum Gasteiger partial charge on any atom is 0.228 e. The Kier molecular flexibility index (Phi) is 4.96. The van der Waals surface area contributed by atoms with Crippen molar-refractivity contribution in [1.82, 2.24) is 0 Å². The Hall–Kier alpha value is -2.82. The van der Waals surface area contributed by atoms with Gasteiger partial charge in [0.15, 0.2) is 0 Å². The molecule has 2 aromatic carbocycles. The van der Waals surface area contributed by atoms with Crippen molar-refractivity contribution in [3.8, 4) is 11.5 Å². The zero-order chi connectivity index (χ0) is 19.7. The Balaban J connectivity index is 1.67. The molecule has 0 heterocycles. The van der Waals surface area contributed by atoms with E-state index in [4.69, 9.17) is 4.74 Å². The van der Waals surface area contributed by atoms with Gasteiger partial charge in [0.25, 0.3) is 0 Å². The standard InChI is InChI=1S/C22H25NO4/c1-21(2)18(13-14-22(21,3)20(25)26)19(24)23-15-9-11-17(12-10-15)27-16-7-5-4-6-8-16/h4-12,18H,13-14H2,1-3H3,(H,23,24)(H,25,26)/p-1/t18-,22-/m0/s1. The summed E-state index contributed by atoms with van der Waals surface area (Å²) < 4.78 is 5.74. The lowest BCUT2D eigenvalue weighted by molar-refractivity contribution is -0.323. The fourth-order valence-corrected chi connectivity index (χ4v) is 3.78. The van der Waals surface area contributed by atoms with E-state index in [0.29, 0.717) is 24.3 Å². The number of aliphatic carboxylic acids is 1. The number of carboxylic acids is 1. The van der Waals surface area contributed by atoms with E-state index in [1.54, 1.807) is 31.2 Å². The number of benzene rings is 2. The van der Waals surface area contributed by atoms with Crippen LogP contribution in [0.1, 0.15) is 33.6 Å². The lowest BCUT2D eigenvalue weighted by atomic mass is 9.65. The predicted octanol–water partition coefficient (Wildman–Crippen LogP) is 3.61. The summed E-state index contributed by atoms with van der Waals surface area (Å²) >= 11 is 0. The van der Waals surface area contributed by atoms with Gasteiger partial charge in [0.05, 0.1) is 0 Å². The molecule has 5 nitrogen and oxygen atoms in total. The third-order valence-electron chi connectivity index (χ3n) is 6.09. The topological polar surface area (TPSA) is 78.5 Å². The van der Waals surface area contributed by atoms with Gasteiger partial charge in [0, 0.05) is 23.0 Å². The van der Waals surface area contributed by atoms with Crippen LogP contribution in [0, 0.1) is 16.7 Å². The van der Waals surface area contributed by atoms with Gasteiger partial charge < -0.3 is 20.0 Å². The number of rotatable bonds is 5. The number of nitrogens with one attached hydrogen (secondary N) is 1. The Morgan fingerprint density at radius 3 is 2.15 bits per heavy atom. The van der Waals surface area contributed by atoms with Gasteiger partial charge >= 0.3 is 0 Å². The van der Waals surface area contributed by atoms with Gasteiger partial charge in [-0.3, -0.25) is 4.79 Å². The Morgan fingerprint density at radius 1 is 1.00 bits per heavy atom. The maximum absolute atomic E-state index is 12.8. The van der Waals surface area contributed by atoms with E-state index in [0.717, 1.165) is 5.75 Å². The zero-order valence-corrected chi connectivity index (χ0v) is 15.8. The van der Waals surface area contributed by atoms with Crippen LogP contribution in [0.15, 0.2) is 54.6 Å². The van der Waals surface area contributed by atoms with Crippen molar-refractivity contribution in [3.05, 3.63) is 54.6 Å². The van der Waals surface area contributed by atoms with Crippen LogP contribution in [0.4, 0.5) is 5.69 Å². The van der Waals surface area contributed by atoms with Gasteiger partial charge in [-0.2, -0.15) is 0 Å². The molecule has 2 aromatic rings. The van der Waals surface area contributed by atoms with E-state index in [9.17, 15) is 14.7 Å². The highest BCUT2D eigenvalue weighted by Gasteiger charge is 2.54. The van der Waals surface area contributed by atoms with Crippen molar-refractivity contribution in [2.75, 3.05) is 5.32 Å². The van der Waals surface area contributed by atoms with E-state index < -0.39 is 16.8 Å². The van der Waals surface area contributed by atoms with Crippen LogP contribution in [0.5, 0.6) is 11.5 Å². The van der Waals surface area contributed by atoms with Crippen LogP contribution in [0.2, 0.25) is 0 Å². The van der Waals surface area contributed by atoms with Crippen LogP contribution < -0.4 is 15.2 Å². The summed E-state index contributed by atoms with van der Waals surface area (Å²) in [5.74, 6) is -0.235. The monoisotopic (exact) mass is 366 g/mol. The third kappa shape index (κ3) is 3.54. The van der Waals surface area contributed by atoms with Gasteiger partial charge in [-0.1, -0.05) is 39.0 Å². The van der Waals surface area contributed by atoms with Crippen LogP contribution in [-0.4, -0.2) is 11.9 Å². The summed E-state index contributed by atoms with van der Waals surface area (Å²) in [6.45, 7) is 5.33. The van der Waals surface area contributed by atoms with Crippen LogP contribution in [0.3, 0.4) is 0 Å². The maximum atomic E-state index is 12.8. The number of carbonyl (C=O) groups is 2. The zero-order valence-electron chi connectivity index (χ0n) is 15.8. The fourth-order valence-electron chi connectivity index (χ4n) is 3.78. The molecule has 0 aliphatic heterocycles. The number of hydrogen-bond acceptors (Lipinski definition) is 4. The van der Waals surface area contributed by atoms with Gasteiger partial charge in [-0.15, -0.1) is 0 Å². The average molecular weight is 366 g/mol. The molecule has 0 radical (unpaired) electrons. The van der Waals surface area contributed by atoms with Gasteiger partial charge in [0.2, 0.25) is 5.91 Å². The summed E-state index contributed by atoms with van der Waals surface area (Å²) in [5, 5.41) is 14.5. The smallest absolute Gasteiger partial charge is 0.228 e. The highest BCUT2D eigenvalue weighted by molar-refractivity contribution is 5.94. The molecule has 0 bridgehead atoms. The second kappa shape index (κ2) is 7.06. The van der Waals surface area contributed by atoms with Crippen molar-refractivity contribution < 1.29 is 19.4 Å². The number of amides is 1. The molecule has 1 N–H and O–H groups in total. The molecule has 0 aromatic heterocycles. The second-order valence-electron chi connectivity index (χ2n) is 7.86. The highest BCUT2D eigenvalue weighted by Crippen LogP contribution is 2.55. The number of carboxylic acid groups (broad SMARTS) is 1. The molecule has 0 unspecified atom stereocenters. The van der Waals surface area contributed by atoms with Gasteiger partial charge in [0.1, 0.15) is 11.5 Å². The summed E-state index contributed by atoms with van der Waals surface area (Å²) in [6, 6.07) is 16.6. The SMILES string of the molecule is CC1(C)[C@H](C(=O)Nc2ccc(Oc3ccccc3)cc2)CC[C@@]1(C)C(=O)[O-]. The van der Waals surface area contributed by atoms with Crippen LogP contribution in [-0.2, 0) is 9.59 Å². The number of anilines is 1. The molecular formula is C22H24NO4-. The molecule has 0 spiro atoms. The lowest BCUT2D eigenvalue weighted by Crippen LogP contribution is -2.49. The first-order chi connectivity index (χ1) is 12.7. The van der Waals surface area contributed by atoms with E-state index in [1.165, 1.54) is 0 Å². The Morgan fingerprint density at radius 2 is 1.59 bits per heavy atom. The number of ether oxygens (including phenoxy) is 1. The molecule has 1 fully saturated rings. The number of hydrogen-bond donors (Lipinski definition) is 1. The summed E-state index contributed by atoms with van der Waals surface area (Å²) in [7, 11) is 0. The van der Waals surface area contributed by atoms with E-state index in [2.05, 4.69) is 5.32 Å². The normalized spacial score (nSPS) is 23.6. The molecule has 1 amide bonds. The predicted molar refractivity (Wildman–Crippen MR) is 101 cm³/mol.